The lowest BCUT2D eigenvalue weighted by Crippen LogP contribution is -2.47. The molecule has 0 N–H and O–H groups in total. The number of benzene rings is 1. The Morgan fingerprint density at radius 3 is 2.42 bits per heavy atom. The van der Waals surface area contributed by atoms with Crippen molar-refractivity contribution in [3.63, 3.8) is 0 Å². The van der Waals surface area contributed by atoms with Crippen LogP contribution in [0.5, 0.6) is 0 Å². The Kier molecular flexibility index (Phi) is 6.01. The maximum atomic E-state index is 14.2. The first-order valence-corrected chi connectivity index (χ1v) is 11.6. The highest BCUT2D eigenvalue weighted by atomic mass is 35.5. The van der Waals surface area contributed by atoms with E-state index in [1.165, 1.54) is 12.1 Å². The maximum absolute atomic E-state index is 14.2. The monoisotopic (exact) mass is 470 g/mol. The van der Waals surface area contributed by atoms with Crippen LogP contribution in [-0.4, -0.2) is 53.7 Å². The van der Waals surface area contributed by atoms with E-state index in [1.54, 1.807) is 24.4 Å². The third-order valence-electron chi connectivity index (χ3n) is 6.37. The third-order valence-corrected chi connectivity index (χ3v) is 6.66. The van der Waals surface area contributed by atoms with Gasteiger partial charge in [-0.2, -0.15) is 4.98 Å². The van der Waals surface area contributed by atoms with Crippen molar-refractivity contribution < 1.29 is 8.78 Å². The van der Waals surface area contributed by atoms with Crippen molar-refractivity contribution in [1.29, 1.82) is 0 Å². The van der Waals surface area contributed by atoms with E-state index in [0.717, 1.165) is 30.8 Å². The first-order chi connectivity index (χ1) is 16.0. The van der Waals surface area contributed by atoms with E-state index in [-0.39, 0.29) is 10.8 Å². The number of pyridine rings is 1. The zero-order chi connectivity index (χ0) is 22.9. The summed E-state index contributed by atoms with van der Waals surface area (Å²) in [5, 5.41) is 0.0646. The van der Waals surface area contributed by atoms with Gasteiger partial charge in [0.2, 0.25) is 5.95 Å². The molecule has 0 aliphatic carbocycles. The maximum Gasteiger partial charge on any atom is 0.228 e. The van der Waals surface area contributed by atoms with Crippen LogP contribution in [0.1, 0.15) is 19.8 Å². The fraction of sp³-hybridized carbons (Fsp3) is 0.375. The molecule has 0 spiro atoms. The van der Waals surface area contributed by atoms with Gasteiger partial charge < -0.3 is 14.7 Å². The SMILES string of the molecule is CC1CCCN1c1nc(-c2ccc(F)c(Cl)c2)cc(N2CCN(c3ncccc3F)CC2)n1. The van der Waals surface area contributed by atoms with E-state index >= 15 is 0 Å². The van der Waals surface area contributed by atoms with E-state index in [9.17, 15) is 8.78 Å². The number of halogens is 3. The summed E-state index contributed by atoms with van der Waals surface area (Å²) in [6.45, 7) is 5.69. The van der Waals surface area contributed by atoms with Crippen LogP contribution >= 0.6 is 11.6 Å². The normalized spacial score (nSPS) is 18.8. The molecule has 4 heterocycles. The van der Waals surface area contributed by atoms with Crippen LogP contribution in [0.25, 0.3) is 11.3 Å². The molecule has 2 aliphatic heterocycles. The molecule has 33 heavy (non-hydrogen) atoms. The zero-order valence-electron chi connectivity index (χ0n) is 18.4. The fourth-order valence-corrected chi connectivity index (χ4v) is 4.68. The second-order valence-electron chi connectivity index (χ2n) is 8.51. The molecule has 9 heteroatoms. The summed E-state index contributed by atoms with van der Waals surface area (Å²) in [5.74, 6) is 1.09. The number of piperazine rings is 1. The Balaban J connectivity index is 1.45. The van der Waals surface area contributed by atoms with E-state index < -0.39 is 5.82 Å². The fourth-order valence-electron chi connectivity index (χ4n) is 4.50. The van der Waals surface area contributed by atoms with E-state index in [4.69, 9.17) is 21.6 Å². The van der Waals surface area contributed by atoms with Crippen molar-refractivity contribution in [3.05, 3.63) is 59.3 Å². The second kappa shape index (κ2) is 9.09. The van der Waals surface area contributed by atoms with Crippen LogP contribution in [0.2, 0.25) is 5.02 Å². The molecular weight excluding hydrogens is 446 g/mol. The average Bonchev–Trinajstić information content (AvgIpc) is 3.27. The summed E-state index contributed by atoms with van der Waals surface area (Å²) in [4.78, 5) is 20.3. The molecule has 2 aromatic heterocycles. The quantitative estimate of drug-likeness (QED) is 0.546. The Hall–Kier alpha value is -3.00. The van der Waals surface area contributed by atoms with Crippen LogP contribution in [0, 0.1) is 11.6 Å². The Morgan fingerprint density at radius 2 is 1.73 bits per heavy atom. The molecule has 0 bridgehead atoms. The predicted octanol–water partition coefficient (Wildman–Crippen LogP) is 4.79. The molecule has 6 nitrogen and oxygen atoms in total. The predicted molar refractivity (Wildman–Crippen MR) is 127 cm³/mol. The number of aromatic nitrogens is 3. The van der Waals surface area contributed by atoms with Gasteiger partial charge in [0.15, 0.2) is 11.6 Å². The first-order valence-electron chi connectivity index (χ1n) is 11.2. The number of hydrogen-bond donors (Lipinski definition) is 0. The molecule has 1 aromatic carbocycles. The van der Waals surface area contributed by atoms with Crippen molar-refractivity contribution in [2.45, 2.75) is 25.8 Å². The summed E-state index contributed by atoms with van der Waals surface area (Å²) in [7, 11) is 0. The topological polar surface area (TPSA) is 48.4 Å². The minimum Gasteiger partial charge on any atom is -0.353 e. The smallest absolute Gasteiger partial charge is 0.228 e. The highest BCUT2D eigenvalue weighted by Gasteiger charge is 2.26. The minimum atomic E-state index is -0.457. The number of anilines is 3. The largest absolute Gasteiger partial charge is 0.353 e. The Bertz CT molecular complexity index is 1150. The van der Waals surface area contributed by atoms with Gasteiger partial charge in [-0.3, -0.25) is 0 Å². The molecule has 3 aromatic rings. The van der Waals surface area contributed by atoms with E-state index in [0.29, 0.717) is 49.7 Å². The van der Waals surface area contributed by atoms with Gasteiger partial charge >= 0.3 is 0 Å². The van der Waals surface area contributed by atoms with Crippen molar-refractivity contribution in [2.75, 3.05) is 47.4 Å². The minimum absolute atomic E-state index is 0.0646. The summed E-state index contributed by atoms with van der Waals surface area (Å²) in [6, 6.07) is 9.95. The molecule has 2 saturated heterocycles. The summed E-state index contributed by atoms with van der Waals surface area (Å²) in [5.41, 5.74) is 1.45. The average molecular weight is 471 g/mol. The van der Waals surface area contributed by atoms with Crippen LogP contribution in [-0.2, 0) is 0 Å². The molecule has 2 aliphatic rings. The zero-order valence-corrected chi connectivity index (χ0v) is 19.1. The van der Waals surface area contributed by atoms with Crippen molar-refractivity contribution in [1.82, 2.24) is 15.0 Å². The first kappa shape index (κ1) is 21.8. The van der Waals surface area contributed by atoms with E-state index in [2.05, 4.69) is 21.7 Å². The lowest BCUT2D eigenvalue weighted by atomic mass is 10.1. The van der Waals surface area contributed by atoms with Gasteiger partial charge in [-0.25, -0.2) is 18.7 Å². The number of hydrogen-bond acceptors (Lipinski definition) is 6. The van der Waals surface area contributed by atoms with Gasteiger partial charge in [-0.05, 0) is 50.1 Å². The van der Waals surface area contributed by atoms with Crippen molar-refractivity contribution in [2.24, 2.45) is 0 Å². The highest BCUT2D eigenvalue weighted by Crippen LogP contribution is 2.31. The lowest BCUT2D eigenvalue weighted by molar-refractivity contribution is 0.586. The van der Waals surface area contributed by atoms with Crippen LogP contribution < -0.4 is 14.7 Å². The molecule has 1 atom stereocenters. The molecule has 0 amide bonds. The van der Waals surface area contributed by atoms with Gasteiger partial charge in [0.05, 0.1) is 10.7 Å². The van der Waals surface area contributed by atoms with Crippen molar-refractivity contribution in [3.8, 4) is 11.3 Å². The van der Waals surface area contributed by atoms with Crippen LogP contribution in [0.3, 0.4) is 0 Å². The van der Waals surface area contributed by atoms with E-state index in [1.807, 2.05) is 11.0 Å². The van der Waals surface area contributed by atoms with Gasteiger partial charge in [-0.1, -0.05) is 11.6 Å². The summed E-state index contributed by atoms with van der Waals surface area (Å²) < 4.78 is 27.9. The number of rotatable bonds is 4. The summed E-state index contributed by atoms with van der Waals surface area (Å²) in [6.07, 6.45) is 3.80. The van der Waals surface area contributed by atoms with Gasteiger partial charge in [-0.15, -0.1) is 0 Å². The third kappa shape index (κ3) is 4.44. The lowest BCUT2D eigenvalue weighted by Gasteiger charge is -2.36. The van der Waals surface area contributed by atoms with Gasteiger partial charge in [0, 0.05) is 56.6 Å². The van der Waals surface area contributed by atoms with Gasteiger partial charge in [0.25, 0.3) is 0 Å². The molecule has 2 fully saturated rings. The van der Waals surface area contributed by atoms with Crippen molar-refractivity contribution >= 4 is 29.2 Å². The molecule has 0 radical (unpaired) electrons. The van der Waals surface area contributed by atoms with Crippen LogP contribution in [0.4, 0.5) is 26.4 Å². The van der Waals surface area contributed by atoms with Gasteiger partial charge in [0.1, 0.15) is 11.6 Å². The standard InChI is InChI=1S/C24H25ClF2N6/c1-16-4-3-9-33(16)24-29-21(17-6-7-19(26)18(25)14-17)15-22(30-24)31-10-12-32(13-11-31)23-20(27)5-2-8-28-23/h2,5-8,14-16H,3-4,9-13H2,1H3. The van der Waals surface area contributed by atoms with Crippen LogP contribution in [0.15, 0.2) is 42.6 Å². The molecular formula is C24H25ClF2N6. The highest BCUT2D eigenvalue weighted by molar-refractivity contribution is 6.31. The molecule has 1 unspecified atom stereocenters. The summed E-state index contributed by atoms with van der Waals surface area (Å²) >= 11 is 6.05. The molecule has 5 rings (SSSR count). The Morgan fingerprint density at radius 1 is 0.939 bits per heavy atom. The number of nitrogens with zero attached hydrogens (tertiary/aromatic N) is 6. The molecule has 172 valence electrons. The Labute approximate surface area is 196 Å². The molecule has 0 saturated carbocycles. The second-order valence-corrected chi connectivity index (χ2v) is 8.92.